The van der Waals surface area contributed by atoms with Gasteiger partial charge in [-0.3, -0.25) is 9.69 Å². The van der Waals surface area contributed by atoms with Crippen molar-refractivity contribution in [1.29, 1.82) is 0 Å². The summed E-state index contributed by atoms with van der Waals surface area (Å²) in [4.78, 5) is 30.0. The van der Waals surface area contributed by atoms with Crippen molar-refractivity contribution in [2.75, 3.05) is 25.5 Å². The molecule has 4 heterocycles. The van der Waals surface area contributed by atoms with E-state index < -0.39 is 17.3 Å². The van der Waals surface area contributed by atoms with Crippen LogP contribution in [-0.4, -0.2) is 50.6 Å². The van der Waals surface area contributed by atoms with Crippen LogP contribution in [0.5, 0.6) is 0 Å². The van der Waals surface area contributed by atoms with E-state index in [0.29, 0.717) is 23.3 Å². The van der Waals surface area contributed by atoms with Gasteiger partial charge in [-0.1, -0.05) is 12.1 Å². The molecule has 0 bridgehead atoms. The number of hydrogen-bond donors (Lipinski definition) is 2. The Balaban J connectivity index is 1.45. The molecule has 6 rings (SSSR count). The van der Waals surface area contributed by atoms with Crippen LogP contribution in [0.3, 0.4) is 0 Å². The SMILES string of the molecule is Cc1nc2cc(-c3nc(-c4ccc(C5CCOCC5)c(CN5CCC[C@H]5C)c4)c(F)nc3N)cc(F)c2c(=O)[nH]1. The maximum atomic E-state index is 15.3. The number of likely N-dealkylation sites (tertiary alicyclic amines) is 1. The number of benzene rings is 2. The third kappa shape index (κ3) is 4.97. The van der Waals surface area contributed by atoms with Gasteiger partial charge in [-0.2, -0.15) is 9.37 Å². The lowest BCUT2D eigenvalue weighted by molar-refractivity contribution is 0.0849. The summed E-state index contributed by atoms with van der Waals surface area (Å²) in [5.41, 5.74) is 9.08. The van der Waals surface area contributed by atoms with Crippen LogP contribution in [0.2, 0.25) is 0 Å². The molecule has 0 aliphatic carbocycles. The molecule has 1 atom stereocenters. The van der Waals surface area contributed by atoms with E-state index in [4.69, 9.17) is 10.5 Å². The smallest absolute Gasteiger partial charge is 0.261 e. The maximum absolute atomic E-state index is 15.3. The predicted octanol–water partition coefficient (Wildman–Crippen LogP) is 5.09. The molecule has 2 aromatic heterocycles. The van der Waals surface area contributed by atoms with E-state index in [2.05, 4.69) is 37.8 Å². The quantitative estimate of drug-likeness (QED) is 0.359. The van der Waals surface area contributed by atoms with Gasteiger partial charge in [-0.25, -0.2) is 14.4 Å². The number of H-pyrrole nitrogens is 1. The van der Waals surface area contributed by atoms with Crippen LogP contribution in [0.25, 0.3) is 33.4 Å². The number of halogens is 2. The molecule has 4 aromatic rings. The standard InChI is InChI=1S/C30H32F2N6O2/c1-16-4-3-9-38(16)15-21-12-19(5-6-22(21)18-7-10-40-11-8-18)26-28(32)37-29(33)27(36-26)20-13-23(31)25-24(14-20)34-17(2)35-30(25)39/h5-6,12-14,16,18H,3-4,7-11,15H2,1-2H3,(H2,33,37)(H,34,35,39)/t16-/m1/s1. The van der Waals surface area contributed by atoms with Gasteiger partial charge in [-0.05, 0) is 81.3 Å². The molecule has 10 heteroatoms. The second-order valence-electron chi connectivity index (χ2n) is 10.9. The Morgan fingerprint density at radius 1 is 1.05 bits per heavy atom. The molecule has 2 saturated heterocycles. The molecular weight excluding hydrogens is 514 g/mol. The molecule has 2 aliphatic heterocycles. The Kier molecular flexibility index (Phi) is 7.06. The summed E-state index contributed by atoms with van der Waals surface area (Å²) in [5.74, 6) is -1.01. The lowest BCUT2D eigenvalue weighted by Gasteiger charge is -2.28. The van der Waals surface area contributed by atoms with Gasteiger partial charge in [-0.15, -0.1) is 0 Å². The van der Waals surface area contributed by atoms with Gasteiger partial charge in [0.05, 0.1) is 5.52 Å². The molecule has 208 valence electrons. The summed E-state index contributed by atoms with van der Waals surface area (Å²) in [6.45, 7) is 7.12. The first-order valence-electron chi connectivity index (χ1n) is 13.8. The van der Waals surface area contributed by atoms with E-state index in [9.17, 15) is 4.79 Å². The topological polar surface area (TPSA) is 110 Å². The zero-order valence-corrected chi connectivity index (χ0v) is 22.6. The number of rotatable bonds is 5. The van der Waals surface area contributed by atoms with Gasteiger partial charge in [0.1, 0.15) is 28.4 Å². The van der Waals surface area contributed by atoms with Crippen LogP contribution in [0.15, 0.2) is 35.1 Å². The van der Waals surface area contributed by atoms with E-state index in [1.54, 1.807) is 6.92 Å². The number of nitrogens with two attached hydrogens (primary N) is 1. The summed E-state index contributed by atoms with van der Waals surface area (Å²) in [6.07, 6.45) is 4.23. The van der Waals surface area contributed by atoms with Crippen LogP contribution in [0, 0.1) is 18.7 Å². The van der Waals surface area contributed by atoms with Crippen molar-refractivity contribution in [3.8, 4) is 22.5 Å². The number of aromatic nitrogens is 4. The average Bonchev–Trinajstić information content (AvgIpc) is 3.32. The van der Waals surface area contributed by atoms with Crippen molar-refractivity contribution in [2.45, 2.75) is 58.0 Å². The Morgan fingerprint density at radius 2 is 1.85 bits per heavy atom. The lowest BCUT2D eigenvalue weighted by Crippen LogP contribution is -2.27. The van der Waals surface area contributed by atoms with Gasteiger partial charge in [0.2, 0.25) is 5.95 Å². The van der Waals surface area contributed by atoms with Gasteiger partial charge < -0.3 is 15.5 Å². The number of fused-ring (bicyclic) bond motifs is 1. The molecule has 0 spiro atoms. The van der Waals surface area contributed by atoms with Gasteiger partial charge in [0, 0.05) is 36.9 Å². The highest BCUT2D eigenvalue weighted by Crippen LogP contribution is 2.36. The minimum atomic E-state index is -0.799. The number of anilines is 1. The van der Waals surface area contributed by atoms with Crippen LogP contribution in [0.4, 0.5) is 14.6 Å². The Morgan fingerprint density at radius 3 is 2.60 bits per heavy atom. The number of ether oxygens (including phenoxy) is 1. The molecule has 3 N–H and O–H groups in total. The highest BCUT2D eigenvalue weighted by Gasteiger charge is 2.26. The predicted molar refractivity (Wildman–Crippen MR) is 150 cm³/mol. The zero-order valence-electron chi connectivity index (χ0n) is 22.6. The zero-order chi connectivity index (χ0) is 28.0. The summed E-state index contributed by atoms with van der Waals surface area (Å²) in [7, 11) is 0. The minimum Gasteiger partial charge on any atom is -0.382 e. The molecule has 8 nitrogen and oxygen atoms in total. The minimum absolute atomic E-state index is 0.0361. The van der Waals surface area contributed by atoms with Crippen molar-refractivity contribution in [3.63, 3.8) is 0 Å². The van der Waals surface area contributed by atoms with Crippen LogP contribution < -0.4 is 11.3 Å². The number of nitrogens with zero attached hydrogens (tertiary/aromatic N) is 4. The molecule has 2 aliphatic rings. The van der Waals surface area contributed by atoms with Crippen molar-refractivity contribution in [3.05, 3.63) is 69.4 Å². The second kappa shape index (κ2) is 10.7. The normalized spacial score (nSPS) is 18.6. The first-order valence-corrected chi connectivity index (χ1v) is 13.8. The van der Waals surface area contributed by atoms with Crippen LogP contribution in [-0.2, 0) is 11.3 Å². The molecule has 0 unspecified atom stereocenters. The number of nitrogen functional groups attached to an aromatic ring is 1. The highest BCUT2D eigenvalue weighted by molar-refractivity contribution is 5.86. The second-order valence-corrected chi connectivity index (χ2v) is 10.9. The Bertz CT molecular complexity index is 1650. The van der Waals surface area contributed by atoms with Gasteiger partial charge in [0.15, 0.2) is 5.82 Å². The molecule has 2 fully saturated rings. The fourth-order valence-electron chi connectivity index (χ4n) is 6.04. The first-order chi connectivity index (χ1) is 19.3. The van der Waals surface area contributed by atoms with Gasteiger partial charge in [0.25, 0.3) is 5.56 Å². The molecule has 0 radical (unpaired) electrons. The van der Waals surface area contributed by atoms with E-state index in [1.807, 2.05) is 12.1 Å². The molecule has 2 aromatic carbocycles. The van der Waals surface area contributed by atoms with Crippen molar-refractivity contribution >= 4 is 16.7 Å². The fourth-order valence-corrected chi connectivity index (χ4v) is 6.04. The number of hydrogen-bond acceptors (Lipinski definition) is 7. The van der Waals surface area contributed by atoms with E-state index >= 15 is 8.78 Å². The molecule has 0 saturated carbocycles. The maximum Gasteiger partial charge on any atom is 0.261 e. The van der Waals surface area contributed by atoms with Crippen molar-refractivity contribution in [2.24, 2.45) is 0 Å². The van der Waals surface area contributed by atoms with E-state index in [-0.39, 0.29) is 33.7 Å². The largest absolute Gasteiger partial charge is 0.382 e. The summed E-state index contributed by atoms with van der Waals surface area (Å²) in [6, 6.07) is 9.13. The molecule has 40 heavy (non-hydrogen) atoms. The monoisotopic (exact) mass is 546 g/mol. The Hall–Kier alpha value is -3.76. The number of aryl methyl sites for hydroxylation is 1. The van der Waals surface area contributed by atoms with Crippen LogP contribution >= 0.6 is 0 Å². The van der Waals surface area contributed by atoms with Gasteiger partial charge >= 0.3 is 0 Å². The molecular formula is C30H32F2N6O2. The third-order valence-electron chi connectivity index (χ3n) is 8.17. The summed E-state index contributed by atoms with van der Waals surface area (Å²) >= 11 is 0. The van der Waals surface area contributed by atoms with E-state index in [0.717, 1.165) is 63.6 Å². The average molecular weight is 547 g/mol. The Labute approximate surface area is 230 Å². The first kappa shape index (κ1) is 26.5. The third-order valence-corrected chi connectivity index (χ3v) is 8.17. The van der Waals surface area contributed by atoms with E-state index in [1.165, 1.54) is 11.6 Å². The molecule has 0 amide bonds. The highest BCUT2D eigenvalue weighted by atomic mass is 19.1. The summed E-state index contributed by atoms with van der Waals surface area (Å²) < 4.78 is 35.9. The number of aromatic amines is 1. The fraction of sp³-hybridized carbons (Fsp3) is 0.400. The number of nitrogens with one attached hydrogen (secondary N) is 1. The lowest BCUT2D eigenvalue weighted by atomic mass is 9.87. The van der Waals surface area contributed by atoms with Crippen molar-refractivity contribution < 1.29 is 13.5 Å². The summed E-state index contributed by atoms with van der Waals surface area (Å²) in [5, 5.41) is -0.160. The van der Waals surface area contributed by atoms with Crippen LogP contribution in [0.1, 0.15) is 55.5 Å². The van der Waals surface area contributed by atoms with Crippen molar-refractivity contribution in [1.82, 2.24) is 24.8 Å².